The van der Waals surface area contributed by atoms with E-state index in [1.807, 2.05) is 36.4 Å². The molecule has 0 unspecified atom stereocenters. The molecule has 2 N–H and O–H groups in total. The maximum atomic E-state index is 6.25. The highest BCUT2D eigenvalue weighted by Gasteiger charge is 2.13. The Morgan fingerprint density at radius 2 is 1.81 bits per heavy atom. The van der Waals surface area contributed by atoms with E-state index in [9.17, 15) is 0 Å². The molecule has 2 heterocycles. The van der Waals surface area contributed by atoms with Crippen LogP contribution >= 0.6 is 35.0 Å². The molecule has 0 bridgehead atoms. The molecule has 4 aromatic rings. The Bertz CT molecular complexity index is 1080. The van der Waals surface area contributed by atoms with Gasteiger partial charge in [-0.2, -0.15) is 0 Å². The van der Waals surface area contributed by atoms with Gasteiger partial charge < -0.3 is 5.84 Å². The number of fused-ring (bicyclic) bond motifs is 1. The van der Waals surface area contributed by atoms with Crippen LogP contribution in [0.5, 0.6) is 0 Å². The van der Waals surface area contributed by atoms with E-state index in [4.69, 9.17) is 29.0 Å². The highest BCUT2D eigenvalue weighted by Crippen LogP contribution is 2.30. The lowest BCUT2D eigenvalue weighted by molar-refractivity contribution is 0.849. The second-order valence-electron chi connectivity index (χ2n) is 5.58. The van der Waals surface area contributed by atoms with E-state index in [1.54, 1.807) is 18.3 Å². The van der Waals surface area contributed by atoms with Gasteiger partial charge in [0.1, 0.15) is 0 Å². The molecule has 0 saturated carbocycles. The van der Waals surface area contributed by atoms with Gasteiger partial charge in [0.2, 0.25) is 5.16 Å². The van der Waals surface area contributed by atoms with Gasteiger partial charge in [-0.05, 0) is 48.0 Å². The fraction of sp³-hybridized carbons (Fsp3) is 0.0556. The minimum Gasteiger partial charge on any atom is -0.335 e. The Morgan fingerprint density at radius 3 is 2.62 bits per heavy atom. The van der Waals surface area contributed by atoms with Crippen LogP contribution in [0.25, 0.3) is 22.3 Å². The van der Waals surface area contributed by atoms with Gasteiger partial charge >= 0.3 is 0 Å². The van der Waals surface area contributed by atoms with Crippen LogP contribution < -0.4 is 5.84 Å². The molecule has 2 aromatic carbocycles. The van der Waals surface area contributed by atoms with Crippen molar-refractivity contribution in [2.75, 3.05) is 5.84 Å². The summed E-state index contributed by atoms with van der Waals surface area (Å²) in [6.45, 7) is 0. The van der Waals surface area contributed by atoms with Crippen molar-refractivity contribution < 1.29 is 0 Å². The molecule has 130 valence electrons. The smallest absolute Gasteiger partial charge is 0.210 e. The van der Waals surface area contributed by atoms with Crippen LogP contribution in [0.15, 0.2) is 59.9 Å². The molecular weight excluding hydrogens is 389 g/mol. The van der Waals surface area contributed by atoms with E-state index >= 15 is 0 Å². The first kappa shape index (κ1) is 17.1. The van der Waals surface area contributed by atoms with E-state index in [2.05, 4.69) is 15.2 Å². The van der Waals surface area contributed by atoms with Crippen molar-refractivity contribution in [3.05, 3.63) is 70.3 Å². The summed E-state index contributed by atoms with van der Waals surface area (Å²) in [6.07, 6.45) is 1.76. The van der Waals surface area contributed by atoms with Crippen molar-refractivity contribution in [3.63, 3.8) is 0 Å². The lowest BCUT2D eigenvalue weighted by Gasteiger charge is -2.07. The van der Waals surface area contributed by atoms with E-state index < -0.39 is 0 Å². The summed E-state index contributed by atoms with van der Waals surface area (Å²) in [5.74, 6) is 7.42. The molecule has 26 heavy (non-hydrogen) atoms. The predicted molar refractivity (Wildman–Crippen MR) is 107 cm³/mol. The molecule has 0 spiro atoms. The molecule has 0 aliphatic rings. The number of aromatic nitrogens is 4. The molecule has 4 rings (SSSR count). The van der Waals surface area contributed by atoms with E-state index in [-0.39, 0.29) is 0 Å². The first-order valence-corrected chi connectivity index (χ1v) is 9.49. The maximum Gasteiger partial charge on any atom is 0.210 e. The summed E-state index contributed by atoms with van der Waals surface area (Å²) in [5.41, 5.74) is 2.80. The number of pyridine rings is 1. The molecule has 8 heteroatoms. The lowest BCUT2D eigenvalue weighted by Crippen LogP contribution is -2.11. The summed E-state index contributed by atoms with van der Waals surface area (Å²) in [7, 11) is 0. The minimum atomic E-state index is 0.586. The Morgan fingerprint density at radius 1 is 1.00 bits per heavy atom. The Hall–Kier alpha value is -2.28. The number of hydrogen-bond acceptors (Lipinski definition) is 5. The number of thioether (sulfide) groups is 1. The molecule has 0 radical (unpaired) electrons. The zero-order valence-corrected chi connectivity index (χ0v) is 15.8. The monoisotopic (exact) mass is 401 g/mol. The second kappa shape index (κ2) is 7.15. The summed E-state index contributed by atoms with van der Waals surface area (Å²) in [5, 5.41) is 11.3. The van der Waals surface area contributed by atoms with Crippen LogP contribution in [-0.2, 0) is 5.75 Å². The molecule has 2 aromatic heterocycles. The van der Waals surface area contributed by atoms with Gasteiger partial charge in [0.25, 0.3) is 0 Å². The number of hydrogen-bond donors (Lipinski definition) is 1. The Balaban J connectivity index is 1.60. The molecule has 5 nitrogen and oxygen atoms in total. The van der Waals surface area contributed by atoms with Crippen molar-refractivity contribution in [1.82, 2.24) is 19.9 Å². The zero-order valence-electron chi connectivity index (χ0n) is 13.4. The van der Waals surface area contributed by atoms with Crippen molar-refractivity contribution in [1.29, 1.82) is 0 Å². The van der Waals surface area contributed by atoms with Crippen LogP contribution in [-0.4, -0.2) is 19.9 Å². The van der Waals surface area contributed by atoms with E-state index in [1.165, 1.54) is 16.4 Å². The fourth-order valence-corrected chi connectivity index (χ4v) is 3.81. The summed E-state index contributed by atoms with van der Waals surface area (Å²) >= 11 is 13.7. The van der Waals surface area contributed by atoms with Gasteiger partial charge in [-0.15, -0.1) is 10.2 Å². The third kappa shape index (κ3) is 3.23. The normalized spacial score (nSPS) is 11.2. The number of rotatable bonds is 4. The Labute approximate surface area is 164 Å². The van der Waals surface area contributed by atoms with Crippen LogP contribution in [0.1, 0.15) is 5.56 Å². The molecular formula is C18H13Cl2N5S. The van der Waals surface area contributed by atoms with Crippen LogP contribution in [0, 0.1) is 0 Å². The largest absolute Gasteiger partial charge is 0.335 e. The molecule has 0 fully saturated rings. The second-order valence-corrected chi connectivity index (χ2v) is 7.36. The van der Waals surface area contributed by atoms with E-state index in [0.29, 0.717) is 26.8 Å². The highest BCUT2D eigenvalue weighted by molar-refractivity contribution is 7.98. The van der Waals surface area contributed by atoms with Crippen molar-refractivity contribution in [2.24, 2.45) is 0 Å². The Kier molecular flexibility index (Phi) is 4.72. The summed E-state index contributed by atoms with van der Waals surface area (Å²) < 4.78 is 1.49. The van der Waals surface area contributed by atoms with Crippen molar-refractivity contribution in [3.8, 4) is 11.4 Å². The van der Waals surface area contributed by atoms with Crippen molar-refractivity contribution >= 4 is 45.9 Å². The fourth-order valence-electron chi connectivity index (χ4n) is 2.63. The molecule has 0 amide bonds. The van der Waals surface area contributed by atoms with E-state index in [0.717, 1.165) is 22.0 Å². The zero-order chi connectivity index (χ0) is 18.1. The third-order valence-corrected chi connectivity index (χ3v) is 5.50. The molecule has 0 aliphatic carbocycles. The topological polar surface area (TPSA) is 69.6 Å². The van der Waals surface area contributed by atoms with Gasteiger partial charge in [0.15, 0.2) is 5.82 Å². The number of nitrogens with two attached hydrogens (primary N) is 1. The van der Waals surface area contributed by atoms with Crippen LogP contribution in [0.4, 0.5) is 0 Å². The van der Waals surface area contributed by atoms with Gasteiger partial charge in [0, 0.05) is 32.9 Å². The van der Waals surface area contributed by atoms with Gasteiger partial charge in [0.05, 0.1) is 5.52 Å². The lowest BCUT2D eigenvalue weighted by atomic mass is 10.1. The average Bonchev–Trinajstić information content (AvgIpc) is 3.03. The van der Waals surface area contributed by atoms with Gasteiger partial charge in [-0.25, -0.2) is 4.68 Å². The SMILES string of the molecule is Nn1c(SCc2ccc(Cl)c3cccnc23)nnc1-c1ccc(Cl)cc1. The minimum absolute atomic E-state index is 0.586. The third-order valence-electron chi connectivity index (χ3n) is 3.92. The summed E-state index contributed by atoms with van der Waals surface area (Å²) in [4.78, 5) is 4.45. The predicted octanol–water partition coefficient (Wildman–Crippen LogP) is 4.81. The number of halogens is 2. The highest BCUT2D eigenvalue weighted by atomic mass is 35.5. The van der Waals surface area contributed by atoms with Gasteiger partial charge in [-0.1, -0.05) is 41.0 Å². The first-order valence-electron chi connectivity index (χ1n) is 7.75. The average molecular weight is 402 g/mol. The summed E-state index contributed by atoms with van der Waals surface area (Å²) in [6, 6.07) is 15.0. The number of nitrogen functional groups attached to an aromatic ring is 1. The standard InChI is InChI=1S/C18H13Cl2N5S/c19-13-6-3-11(4-7-13)17-23-24-18(25(17)21)26-10-12-5-8-15(20)14-2-1-9-22-16(12)14/h1-9H,10,21H2. The van der Waals surface area contributed by atoms with Crippen LogP contribution in [0.3, 0.4) is 0 Å². The van der Waals surface area contributed by atoms with Crippen molar-refractivity contribution in [2.45, 2.75) is 10.9 Å². The molecule has 0 saturated heterocycles. The quantitative estimate of drug-likeness (QED) is 0.392. The maximum absolute atomic E-state index is 6.25. The molecule has 0 atom stereocenters. The molecule has 0 aliphatic heterocycles. The van der Waals surface area contributed by atoms with Crippen LogP contribution in [0.2, 0.25) is 10.0 Å². The first-order chi connectivity index (χ1) is 12.6. The van der Waals surface area contributed by atoms with Gasteiger partial charge in [-0.3, -0.25) is 4.98 Å². The number of benzene rings is 2. The number of nitrogens with zero attached hydrogens (tertiary/aromatic N) is 4.